The molecule has 1 aromatic rings. The zero-order valence-corrected chi connectivity index (χ0v) is 8.19. The van der Waals surface area contributed by atoms with Gasteiger partial charge in [-0.2, -0.15) is 0 Å². The van der Waals surface area contributed by atoms with Gasteiger partial charge < -0.3 is 5.11 Å². The number of aliphatic hydroxyl groups excluding tert-OH is 1. The van der Waals surface area contributed by atoms with Crippen LogP contribution in [0.5, 0.6) is 0 Å². The second-order valence-electron chi connectivity index (χ2n) is 4.38. The van der Waals surface area contributed by atoms with Crippen LogP contribution in [0.15, 0.2) is 0 Å². The van der Waals surface area contributed by atoms with Crippen molar-refractivity contribution < 1.29 is 5.11 Å². The Hall–Kier alpha value is -0.900. The van der Waals surface area contributed by atoms with Gasteiger partial charge in [-0.3, -0.25) is 0 Å². The van der Waals surface area contributed by atoms with E-state index in [0.29, 0.717) is 12.0 Å². The van der Waals surface area contributed by atoms with Gasteiger partial charge in [-0.15, -0.1) is 5.10 Å². The van der Waals surface area contributed by atoms with Crippen molar-refractivity contribution in [3.05, 3.63) is 11.4 Å². The smallest absolute Gasteiger partial charge is 0.112 e. The maximum Gasteiger partial charge on any atom is 0.112 e. The average molecular weight is 193 g/mol. The Morgan fingerprint density at radius 1 is 1.29 bits per heavy atom. The molecule has 2 aliphatic carbocycles. The third kappa shape index (κ3) is 1.17. The summed E-state index contributed by atoms with van der Waals surface area (Å²) in [5.41, 5.74) is 2.03. The number of aromatic nitrogens is 3. The van der Waals surface area contributed by atoms with Gasteiger partial charge in [0.2, 0.25) is 0 Å². The third-order valence-electron chi connectivity index (χ3n) is 3.34. The molecule has 1 N–H and O–H groups in total. The molecule has 0 saturated heterocycles. The van der Waals surface area contributed by atoms with Crippen LogP contribution in [0.3, 0.4) is 0 Å². The van der Waals surface area contributed by atoms with Gasteiger partial charge in [0.15, 0.2) is 0 Å². The Morgan fingerprint density at radius 2 is 2.07 bits per heavy atom. The molecular weight excluding hydrogens is 178 g/mol. The SMILES string of the molecule is OCc1nnn(C2CC2)c1C1CCC1. The van der Waals surface area contributed by atoms with Crippen molar-refractivity contribution in [3.63, 3.8) is 0 Å². The van der Waals surface area contributed by atoms with Gasteiger partial charge in [0.25, 0.3) is 0 Å². The van der Waals surface area contributed by atoms with Crippen LogP contribution in [-0.2, 0) is 6.61 Å². The van der Waals surface area contributed by atoms with Gasteiger partial charge >= 0.3 is 0 Å². The van der Waals surface area contributed by atoms with Crippen LogP contribution < -0.4 is 0 Å². The molecule has 2 aliphatic rings. The molecule has 2 fully saturated rings. The van der Waals surface area contributed by atoms with Gasteiger partial charge in [0.05, 0.1) is 18.3 Å². The normalized spacial score (nSPS) is 22.4. The predicted molar refractivity (Wildman–Crippen MR) is 50.8 cm³/mol. The minimum atomic E-state index is 0.0402. The summed E-state index contributed by atoms with van der Waals surface area (Å²) in [6.07, 6.45) is 6.26. The monoisotopic (exact) mass is 193 g/mol. The molecule has 0 spiro atoms. The lowest BCUT2D eigenvalue weighted by molar-refractivity contribution is 0.271. The van der Waals surface area contributed by atoms with Crippen LogP contribution in [-0.4, -0.2) is 20.1 Å². The van der Waals surface area contributed by atoms with Crippen LogP contribution in [0.4, 0.5) is 0 Å². The van der Waals surface area contributed by atoms with Crippen molar-refractivity contribution in [2.45, 2.75) is 50.7 Å². The van der Waals surface area contributed by atoms with E-state index in [1.807, 2.05) is 0 Å². The maximum atomic E-state index is 9.19. The van der Waals surface area contributed by atoms with E-state index in [1.54, 1.807) is 0 Å². The summed E-state index contributed by atoms with van der Waals surface area (Å²) in [6, 6.07) is 0.582. The molecule has 2 saturated carbocycles. The van der Waals surface area contributed by atoms with E-state index in [1.165, 1.54) is 37.8 Å². The Morgan fingerprint density at radius 3 is 2.57 bits per heavy atom. The molecule has 0 aromatic carbocycles. The molecule has 76 valence electrons. The summed E-state index contributed by atoms with van der Waals surface area (Å²) in [5, 5.41) is 17.4. The van der Waals surface area contributed by atoms with Gasteiger partial charge in [0, 0.05) is 5.92 Å². The highest BCUT2D eigenvalue weighted by Crippen LogP contribution is 2.42. The minimum absolute atomic E-state index is 0.0402. The molecule has 0 unspecified atom stereocenters. The van der Waals surface area contributed by atoms with Crippen molar-refractivity contribution in [3.8, 4) is 0 Å². The zero-order chi connectivity index (χ0) is 9.54. The summed E-state index contributed by atoms with van der Waals surface area (Å²) < 4.78 is 2.06. The predicted octanol–water partition coefficient (Wildman–Crippen LogP) is 1.37. The lowest BCUT2D eigenvalue weighted by atomic mass is 9.82. The molecule has 3 rings (SSSR count). The summed E-state index contributed by atoms with van der Waals surface area (Å²) in [5.74, 6) is 0.618. The molecule has 0 aliphatic heterocycles. The fraction of sp³-hybridized carbons (Fsp3) is 0.800. The largest absolute Gasteiger partial charge is 0.390 e. The topological polar surface area (TPSA) is 50.9 Å². The van der Waals surface area contributed by atoms with Gasteiger partial charge in [0.1, 0.15) is 5.69 Å². The summed E-state index contributed by atoms with van der Waals surface area (Å²) >= 11 is 0. The van der Waals surface area contributed by atoms with Crippen LogP contribution in [0.2, 0.25) is 0 Å². The van der Waals surface area contributed by atoms with Gasteiger partial charge in [-0.05, 0) is 25.7 Å². The maximum absolute atomic E-state index is 9.19. The second-order valence-corrected chi connectivity index (χ2v) is 4.38. The van der Waals surface area contributed by atoms with E-state index in [2.05, 4.69) is 15.0 Å². The molecule has 1 aromatic heterocycles. The molecule has 4 heteroatoms. The summed E-state index contributed by atoms with van der Waals surface area (Å²) in [7, 11) is 0. The van der Waals surface area contributed by atoms with E-state index >= 15 is 0 Å². The zero-order valence-electron chi connectivity index (χ0n) is 8.19. The first kappa shape index (κ1) is 8.41. The molecule has 0 bridgehead atoms. The van der Waals surface area contributed by atoms with Crippen molar-refractivity contribution in [1.82, 2.24) is 15.0 Å². The van der Waals surface area contributed by atoms with Gasteiger partial charge in [-0.1, -0.05) is 11.6 Å². The fourth-order valence-electron chi connectivity index (χ4n) is 2.14. The third-order valence-corrected chi connectivity index (χ3v) is 3.34. The number of hydrogen-bond acceptors (Lipinski definition) is 3. The number of aliphatic hydroxyl groups is 1. The molecule has 0 atom stereocenters. The van der Waals surface area contributed by atoms with E-state index in [0.717, 1.165) is 5.69 Å². The molecule has 14 heavy (non-hydrogen) atoms. The highest BCUT2D eigenvalue weighted by Gasteiger charge is 2.33. The van der Waals surface area contributed by atoms with Crippen molar-refractivity contribution in [1.29, 1.82) is 0 Å². The Kier molecular flexibility index (Phi) is 1.83. The van der Waals surface area contributed by atoms with Crippen LogP contribution in [0.1, 0.15) is 55.5 Å². The van der Waals surface area contributed by atoms with Crippen molar-refractivity contribution in [2.24, 2.45) is 0 Å². The van der Waals surface area contributed by atoms with Crippen LogP contribution in [0, 0.1) is 0 Å². The number of rotatable bonds is 3. The van der Waals surface area contributed by atoms with Crippen molar-refractivity contribution in [2.75, 3.05) is 0 Å². The Balaban J connectivity index is 1.97. The van der Waals surface area contributed by atoms with E-state index in [-0.39, 0.29) is 6.61 Å². The minimum Gasteiger partial charge on any atom is -0.390 e. The average Bonchev–Trinajstić information content (AvgIpc) is 2.86. The van der Waals surface area contributed by atoms with E-state index in [4.69, 9.17) is 0 Å². The lowest BCUT2D eigenvalue weighted by Gasteiger charge is -2.26. The highest BCUT2D eigenvalue weighted by atomic mass is 16.3. The van der Waals surface area contributed by atoms with E-state index < -0.39 is 0 Å². The molecule has 1 heterocycles. The highest BCUT2D eigenvalue weighted by molar-refractivity contribution is 5.18. The quantitative estimate of drug-likeness (QED) is 0.788. The first-order valence-electron chi connectivity index (χ1n) is 5.45. The van der Waals surface area contributed by atoms with Gasteiger partial charge in [-0.25, -0.2) is 4.68 Å². The second kappa shape index (κ2) is 3.05. The Bertz CT molecular complexity index is 339. The van der Waals surface area contributed by atoms with E-state index in [9.17, 15) is 5.11 Å². The van der Waals surface area contributed by atoms with Crippen LogP contribution in [0.25, 0.3) is 0 Å². The Labute approximate surface area is 82.9 Å². The molecule has 0 amide bonds. The molecular formula is C10H15N3O. The lowest BCUT2D eigenvalue weighted by Crippen LogP contribution is -2.16. The first-order chi connectivity index (χ1) is 6.90. The standard InChI is InChI=1S/C10H15N3O/c14-6-9-10(7-2-1-3-7)13(12-11-9)8-4-5-8/h7-8,14H,1-6H2. The van der Waals surface area contributed by atoms with Crippen molar-refractivity contribution >= 4 is 0 Å². The summed E-state index contributed by atoms with van der Waals surface area (Å²) in [6.45, 7) is 0.0402. The number of nitrogens with zero attached hydrogens (tertiary/aromatic N) is 3. The summed E-state index contributed by atoms with van der Waals surface area (Å²) in [4.78, 5) is 0. The van der Waals surface area contributed by atoms with Crippen LogP contribution >= 0.6 is 0 Å². The number of hydrogen-bond donors (Lipinski definition) is 1. The molecule has 0 radical (unpaired) electrons. The first-order valence-corrected chi connectivity index (χ1v) is 5.45. The molecule has 4 nitrogen and oxygen atoms in total. The fourth-order valence-corrected chi connectivity index (χ4v) is 2.14.